The highest BCUT2D eigenvalue weighted by molar-refractivity contribution is 7.16. The van der Waals surface area contributed by atoms with Gasteiger partial charge in [0.2, 0.25) is 0 Å². The van der Waals surface area contributed by atoms with Crippen LogP contribution in [0.15, 0.2) is 49.2 Å². The number of thiazole rings is 1. The molecule has 0 radical (unpaired) electrons. The van der Waals surface area contributed by atoms with Crippen LogP contribution in [0.1, 0.15) is 34.0 Å². The van der Waals surface area contributed by atoms with Crippen LogP contribution in [0.4, 0.5) is 0 Å². The van der Waals surface area contributed by atoms with Gasteiger partial charge in [0.25, 0.3) is 5.91 Å². The van der Waals surface area contributed by atoms with Gasteiger partial charge in [-0.3, -0.25) is 9.78 Å². The van der Waals surface area contributed by atoms with Gasteiger partial charge in [-0.1, -0.05) is 0 Å². The largest absolute Gasteiger partial charge is 0.338 e. The van der Waals surface area contributed by atoms with Gasteiger partial charge in [-0.15, -0.1) is 11.3 Å². The molecule has 4 rings (SSSR count). The average molecular weight is 351 g/mol. The van der Waals surface area contributed by atoms with E-state index in [4.69, 9.17) is 0 Å². The number of likely N-dealkylation sites (tertiary alicyclic amines) is 1. The molecule has 0 aromatic carbocycles. The number of carbonyl (C=O) groups excluding carboxylic acids is 1. The van der Waals surface area contributed by atoms with Crippen molar-refractivity contribution in [1.82, 2.24) is 24.8 Å². The molecule has 3 aromatic heterocycles. The smallest absolute Gasteiger partial charge is 0.265 e. The predicted octanol–water partition coefficient (Wildman–Crippen LogP) is 3.01. The van der Waals surface area contributed by atoms with E-state index in [-0.39, 0.29) is 5.91 Å². The topological polar surface area (TPSA) is 71.9 Å². The molecule has 0 atom stereocenters. The Morgan fingerprint density at radius 1 is 1.04 bits per heavy atom. The Kier molecular flexibility index (Phi) is 4.47. The van der Waals surface area contributed by atoms with Gasteiger partial charge in [0.15, 0.2) is 10.8 Å². The Morgan fingerprint density at radius 2 is 1.76 bits per heavy atom. The minimum absolute atomic E-state index is 0.0489. The Balaban J connectivity index is 1.42. The van der Waals surface area contributed by atoms with Gasteiger partial charge < -0.3 is 4.90 Å². The number of aromatic nitrogens is 4. The third-order valence-electron chi connectivity index (χ3n) is 4.43. The van der Waals surface area contributed by atoms with Crippen molar-refractivity contribution in [1.29, 1.82) is 0 Å². The zero-order chi connectivity index (χ0) is 17.1. The Labute approximate surface area is 149 Å². The molecule has 0 saturated carbocycles. The monoisotopic (exact) mass is 351 g/mol. The molecular weight excluding hydrogens is 334 g/mol. The molecule has 0 N–H and O–H groups in total. The van der Waals surface area contributed by atoms with Crippen molar-refractivity contribution in [2.75, 3.05) is 13.1 Å². The average Bonchev–Trinajstić information content (AvgIpc) is 3.19. The van der Waals surface area contributed by atoms with E-state index in [0.29, 0.717) is 21.6 Å². The number of hydrogen-bond donors (Lipinski definition) is 0. The molecule has 126 valence electrons. The second kappa shape index (κ2) is 7.06. The van der Waals surface area contributed by atoms with Crippen LogP contribution < -0.4 is 0 Å². The number of carbonyl (C=O) groups is 1. The molecule has 3 aromatic rings. The van der Waals surface area contributed by atoms with Crippen LogP contribution in [0.25, 0.3) is 10.8 Å². The maximum Gasteiger partial charge on any atom is 0.265 e. The van der Waals surface area contributed by atoms with E-state index in [2.05, 4.69) is 32.1 Å². The Morgan fingerprint density at radius 3 is 2.48 bits per heavy atom. The number of amides is 1. The summed E-state index contributed by atoms with van der Waals surface area (Å²) in [5, 5.41) is 0.677. The molecule has 1 fully saturated rings. The van der Waals surface area contributed by atoms with Gasteiger partial charge in [-0.2, -0.15) is 0 Å². The first-order valence-electron chi connectivity index (χ1n) is 8.23. The van der Waals surface area contributed by atoms with Gasteiger partial charge in [-0.05, 0) is 42.5 Å². The number of rotatable bonds is 3. The fraction of sp³-hybridized carbons (Fsp3) is 0.278. The number of nitrogens with zero attached hydrogens (tertiary/aromatic N) is 5. The maximum absolute atomic E-state index is 12.7. The number of pyridine rings is 1. The molecule has 1 aliphatic heterocycles. The van der Waals surface area contributed by atoms with Crippen LogP contribution in [0.5, 0.6) is 0 Å². The summed E-state index contributed by atoms with van der Waals surface area (Å²) in [6.45, 7) is 1.53. The molecule has 6 nitrogen and oxygen atoms in total. The number of piperidine rings is 1. The van der Waals surface area contributed by atoms with Crippen LogP contribution >= 0.6 is 11.3 Å². The van der Waals surface area contributed by atoms with Crippen LogP contribution in [-0.4, -0.2) is 43.8 Å². The fourth-order valence-corrected chi connectivity index (χ4v) is 3.93. The third-order valence-corrected chi connectivity index (χ3v) is 5.41. The third kappa shape index (κ3) is 3.41. The van der Waals surface area contributed by atoms with Crippen LogP contribution in [-0.2, 0) is 0 Å². The Hall–Kier alpha value is -2.67. The molecule has 4 heterocycles. The molecule has 1 saturated heterocycles. The lowest BCUT2D eigenvalue weighted by atomic mass is 9.90. The maximum atomic E-state index is 12.7. The zero-order valence-electron chi connectivity index (χ0n) is 13.6. The predicted molar refractivity (Wildman–Crippen MR) is 95.3 cm³/mol. The van der Waals surface area contributed by atoms with Gasteiger partial charge in [0.05, 0.1) is 6.20 Å². The summed E-state index contributed by atoms with van der Waals surface area (Å²) < 4.78 is 0. The van der Waals surface area contributed by atoms with Gasteiger partial charge in [0, 0.05) is 37.9 Å². The van der Waals surface area contributed by atoms with Crippen molar-refractivity contribution in [2.45, 2.75) is 18.8 Å². The summed E-state index contributed by atoms with van der Waals surface area (Å²) in [4.78, 5) is 32.0. The lowest BCUT2D eigenvalue weighted by Crippen LogP contribution is -2.37. The molecule has 1 amide bonds. The van der Waals surface area contributed by atoms with E-state index >= 15 is 0 Å². The lowest BCUT2D eigenvalue weighted by Gasteiger charge is -2.31. The van der Waals surface area contributed by atoms with E-state index in [1.807, 2.05) is 17.3 Å². The van der Waals surface area contributed by atoms with E-state index in [1.54, 1.807) is 24.7 Å². The minimum atomic E-state index is 0.0489. The quantitative estimate of drug-likeness (QED) is 0.725. The normalized spacial score (nSPS) is 15.3. The first kappa shape index (κ1) is 15.8. The summed E-state index contributed by atoms with van der Waals surface area (Å²) in [5.41, 5.74) is 1.31. The van der Waals surface area contributed by atoms with Crippen LogP contribution in [0.2, 0.25) is 0 Å². The van der Waals surface area contributed by atoms with Gasteiger partial charge in [-0.25, -0.2) is 15.0 Å². The lowest BCUT2D eigenvalue weighted by molar-refractivity contribution is 0.0717. The van der Waals surface area contributed by atoms with Gasteiger partial charge >= 0.3 is 0 Å². The van der Waals surface area contributed by atoms with E-state index in [0.717, 1.165) is 25.9 Å². The summed E-state index contributed by atoms with van der Waals surface area (Å²) in [6.07, 6.45) is 10.6. The zero-order valence-corrected chi connectivity index (χ0v) is 14.4. The van der Waals surface area contributed by atoms with E-state index in [9.17, 15) is 4.79 Å². The summed E-state index contributed by atoms with van der Waals surface area (Å²) >= 11 is 1.35. The standard InChI is InChI=1S/C18H17N5OS/c24-18(15-12-22-17(25-15)16-20-6-1-7-21-16)23-10-4-14(5-11-23)13-2-8-19-9-3-13/h1-3,6-9,12,14H,4-5,10-11H2. The molecule has 1 aliphatic rings. The molecule has 7 heteroatoms. The highest BCUT2D eigenvalue weighted by atomic mass is 32.1. The molecule has 0 aliphatic carbocycles. The molecule has 0 spiro atoms. The highest BCUT2D eigenvalue weighted by Crippen LogP contribution is 2.29. The van der Waals surface area contributed by atoms with Crippen LogP contribution in [0.3, 0.4) is 0 Å². The van der Waals surface area contributed by atoms with Crippen molar-refractivity contribution < 1.29 is 4.79 Å². The highest BCUT2D eigenvalue weighted by Gasteiger charge is 2.26. The van der Waals surface area contributed by atoms with Crippen molar-refractivity contribution in [3.05, 3.63) is 59.6 Å². The minimum Gasteiger partial charge on any atom is -0.338 e. The fourth-order valence-electron chi connectivity index (χ4n) is 3.09. The van der Waals surface area contributed by atoms with E-state index in [1.165, 1.54) is 16.9 Å². The molecule has 25 heavy (non-hydrogen) atoms. The summed E-state index contributed by atoms with van der Waals surface area (Å²) in [5.74, 6) is 1.11. The molecular formula is C18H17N5OS. The van der Waals surface area contributed by atoms with Crippen LogP contribution in [0, 0.1) is 0 Å². The van der Waals surface area contributed by atoms with Crippen molar-refractivity contribution in [3.63, 3.8) is 0 Å². The second-order valence-corrected chi connectivity index (χ2v) is 6.98. The Bertz CT molecular complexity index is 844. The van der Waals surface area contributed by atoms with E-state index < -0.39 is 0 Å². The van der Waals surface area contributed by atoms with Crippen molar-refractivity contribution >= 4 is 17.2 Å². The summed E-state index contributed by atoms with van der Waals surface area (Å²) in [6, 6.07) is 5.89. The first-order chi connectivity index (χ1) is 12.3. The first-order valence-corrected chi connectivity index (χ1v) is 9.05. The summed E-state index contributed by atoms with van der Waals surface area (Å²) in [7, 11) is 0. The SMILES string of the molecule is O=C(c1cnc(-c2ncccn2)s1)N1CCC(c2ccncc2)CC1. The number of hydrogen-bond acceptors (Lipinski definition) is 6. The molecule has 0 bridgehead atoms. The van der Waals surface area contributed by atoms with Crippen molar-refractivity contribution in [2.24, 2.45) is 0 Å². The van der Waals surface area contributed by atoms with Crippen molar-refractivity contribution in [3.8, 4) is 10.8 Å². The molecule has 0 unspecified atom stereocenters. The second-order valence-electron chi connectivity index (χ2n) is 5.95. The van der Waals surface area contributed by atoms with Gasteiger partial charge in [0.1, 0.15) is 4.88 Å².